The molecule has 3 rings (SSSR count). The van der Waals surface area contributed by atoms with Gasteiger partial charge in [-0.3, -0.25) is 4.79 Å². The van der Waals surface area contributed by atoms with E-state index in [9.17, 15) is 4.79 Å². The van der Waals surface area contributed by atoms with E-state index >= 15 is 0 Å². The summed E-state index contributed by atoms with van der Waals surface area (Å²) in [4.78, 5) is 12.3. The second-order valence-corrected chi connectivity index (χ2v) is 6.11. The van der Waals surface area contributed by atoms with E-state index in [1.807, 2.05) is 19.1 Å². The monoisotopic (exact) mass is 318 g/mol. The maximum atomic E-state index is 12.3. The summed E-state index contributed by atoms with van der Waals surface area (Å²) in [5.74, 6) is 0.228. The molecule has 3 unspecified atom stereocenters. The fraction of sp³-hybridized carbons (Fsp3) is 0.389. The van der Waals surface area contributed by atoms with Crippen molar-refractivity contribution < 1.29 is 4.79 Å². The summed E-state index contributed by atoms with van der Waals surface area (Å²) in [5, 5.41) is 5.56. The third-order valence-electron chi connectivity index (χ3n) is 4.48. The molecule has 1 amide bonds. The number of amides is 1. The van der Waals surface area contributed by atoms with Crippen LogP contribution in [0.5, 0.6) is 0 Å². The fourth-order valence-electron chi connectivity index (χ4n) is 3.15. The van der Waals surface area contributed by atoms with Crippen LogP contribution in [0.25, 0.3) is 10.8 Å². The van der Waals surface area contributed by atoms with Crippen LogP contribution in [0, 0.1) is 5.92 Å². The highest BCUT2D eigenvalue weighted by Crippen LogP contribution is 2.26. The average Bonchev–Trinajstić information content (AvgIpc) is 2.93. The predicted octanol–water partition coefficient (Wildman–Crippen LogP) is 3.57. The zero-order valence-electron chi connectivity index (χ0n) is 12.8. The van der Waals surface area contributed by atoms with Crippen molar-refractivity contribution in [3.63, 3.8) is 0 Å². The molecule has 0 heterocycles. The lowest BCUT2D eigenvalue weighted by Gasteiger charge is -2.18. The molecule has 3 N–H and O–H groups in total. The molecule has 22 heavy (non-hydrogen) atoms. The number of benzene rings is 2. The van der Waals surface area contributed by atoms with Crippen molar-refractivity contribution in [1.82, 2.24) is 5.32 Å². The van der Waals surface area contributed by atoms with E-state index in [-0.39, 0.29) is 36.3 Å². The first-order valence-electron chi connectivity index (χ1n) is 7.68. The first-order valence-corrected chi connectivity index (χ1v) is 7.68. The lowest BCUT2D eigenvalue weighted by Crippen LogP contribution is -2.32. The molecule has 1 saturated carbocycles. The third-order valence-corrected chi connectivity index (χ3v) is 4.48. The van der Waals surface area contributed by atoms with Crippen LogP contribution in [0.3, 0.4) is 0 Å². The summed E-state index contributed by atoms with van der Waals surface area (Å²) in [6.45, 7) is 2.04. The lowest BCUT2D eigenvalue weighted by atomic mass is 10.0. The van der Waals surface area contributed by atoms with Crippen molar-refractivity contribution >= 4 is 29.1 Å². The van der Waals surface area contributed by atoms with Crippen molar-refractivity contribution in [2.24, 2.45) is 11.7 Å². The Balaban J connectivity index is 0.00000176. The van der Waals surface area contributed by atoms with Crippen LogP contribution in [0.2, 0.25) is 0 Å². The molecule has 1 fully saturated rings. The van der Waals surface area contributed by atoms with Crippen molar-refractivity contribution in [2.45, 2.75) is 38.3 Å². The summed E-state index contributed by atoms with van der Waals surface area (Å²) in [5.41, 5.74) is 7.03. The number of carbonyl (C=O) groups is 1. The smallest absolute Gasteiger partial charge is 0.223 e. The van der Waals surface area contributed by atoms with Gasteiger partial charge in [0.1, 0.15) is 0 Å². The highest BCUT2D eigenvalue weighted by atomic mass is 35.5. The summed E-state index contributed by atoms with van der Waals surface area (Å²) in [6, 6.07) is 14.8. The summed E-state index contributed by atoms with van der Waals surface area (Å²) in [7, 11) is 0. The standard InChI is InChI=1S/C18H22N2O.ClH/c1-12(20-18(21)16-8-9-17(19)11-16)14-7-6-13-4-2-3-5-15(13)10-14;/h2-7,10,12,16-17H,8-9,11,19H2,1H3,(H,20,21);1H. The Morgan fingerprint density at radius 1 is 1.18 bits per heavy atom. The molecule has 0 bridgehead atoms. The number of hydrogen-bond acceptors (Lipinski definition) is 2. The van der Waals surface area contributed by atoms with Crippen molar-refractivity contribution in [3.8, 4) is 0 Å². The average molecular weight is 319 g/mol. The van der Waals surface area contributed by atoms with E-state index < -0.39 is 0 Å². The summed E-state index contributed by atoms with van der Waals surface area (Å²) < 4.78 is 0. The van der Waals surface area contributed by atoms with Gasteiger partial charge in [-0.25, -0.2) is 0 Å². The Morgan fingerprint density at radius 2 is 1.91 bits per heavy atom. The maximum Gasteiger partial charge on any atom is 0.223 e. The van der Waals surface area contributed by atoms with Gasteiger partial charge in [0.2, 0.25) is 5.91 Å². The van der Waals surface area contributed by atoms with E-state index in [0.717, 1.165) is 24.8 Å². The molecule has 3 nitrogen and oxygen atoms in total. The van der Waals surface area contributed by atoms with Crippen LogP contribution < -0.4 is 11.1 Å². The first-order chi connectivity index (χ1) is 10.1. The molecule has 3 atom stereocenters. The van der Waals surface area contributed by atoms with Gasteiger partial charge in [-0.05, 0) is 48.6 Å². The van der Waals surface area contributed by atoms with Gasteiger partial charge in [-0.1, -0.05) is 36.4 Å². The van der Waals surface area contributed by atoms with Crippen LogP contribution in [0.1, 0.15) is 37.8 Å². The van der Waals surface area contributed by atoms with Gasteiger partial charge in [0, 0.05) is 12.0 Å². The number of fused-ring (bicyclic) bond motifs is 1. The topological polar surface area (TPSA) is 55.1 Å². The van der Waals surface area contributed by atoms with Gasteiger partial charge >= 0.3 is 0 Å². The molecule has 0 spiro atoms. The zero-order valence-corrected chi connectivity index (χ0v) is 13.6. The molecule has 1 aliphatic carbocycles. The van der Waals surface area contributed by atoms with Crippen molar-refractivity contribution in [3.05, 3.63) is 48.0 Å². The second kappa shape index (κ2) is 7.12. The Morgan fingerprint density at radius 3 is 2.59 bits per heavy atom. The molecule has 0 aromatic heterocycles. The Hall–Kier alpha value is -1.58. The van der Waals surface area contributed by atoms with Crippen LogP contribution in [-0.2, 0) is 4.79 Å². The van der Waals surface area contributed by atoms with Crippen LogP contribution in [0.15, 0.2) is 42.5 Å². The van der Waals surface area contributed by atoms with Gasteiger partial charge in [-0.15, -0.1) is 12.4 Å². The SMILES string of the molecule is CC(NC(=O)C1CCC(N)C1)c1ccc2ccccc2c1.Cl. The molecule has 0 radical (unpaired) electrons. The molecule has 1 aliphatic rings. The van der Waals surface area contributed by atoms with Crippen molar-refractivity contribution in [2.75, 3.05) is 0 Å². The Bertz CT molecular complexity index is 658. The van der Waals surface area contributed by atoms with E-state index in [1.54, 1.807) is 0 Å². The minimum Gasteiger partial charge on any atom is -0.349 e. The van der Waals surface area contributed by atoms with Crippen LogP contribution in [-0.4, -0.2) is 11.9 Å². The van der Waals surface area contributed by atoms with E-state index in [0.29, 0.717) is 0 Å². The Labute approximate surface area is 137 Å². The minimum atomic E-state index is 0. The number of hydrogen-bond donors (Lipinski definition) is 2. The molecular formula is C18H23ClN2O. The highest BCUT2D eigenvalue weighted by Gasteiger charge is 2.28. The van der Waals surface area contributed by atoms with Crippen molar-refractivity contribution in [1.29, 1.82) is 0 Å². The van der Waals surface area contributed by atoms with Gasteiger partial charge in [0.15, 0.2) is 0 Å². The largest absolute Gasteiger partial charge is 0.349 e. The van der Waals surface area contributed by atoms with Gasteiger partial charge in [-0.2, -0.15) is 0 Å². The van der Waals surface area contributed by atoms with Gasteiger partial charge in [0.25, 0.3) is 0 Å². The zero-order chi connectivity index (χ0) is 14.8. The number of nitrogens with two attached hydrogens (primary N) is 1. The molecule has 0 aliphatic heterocycles. The van der Waals surface area contributed by atoms with Gasteiger partial charge < -0.3 is 11.1 Å². The summed E-state index contributed by atoms with van der Waals surface area (Å²) in [6.07, 6.45) is 2.69. The third kappa shape index (κ3) is 3.60. The Kier molecular flexibility index (Phi) is 5.43. The van der Waals surface area contributed by atoms with E-state index in [2.05, 4.69) is 35.6 Å². The minimum absolute atomic E-state index is 0. The molecule has 2 aromatic carbocycles. The highest BCUT2D eigenvalue weighted by molar-refractivity contribution is 5.85. The molecule has 2 aromatic rings. The normalized spacial score (nSPS) is 22.1. The number of carbonyl (C=O) groups excluding carboxylic acids is 1. The van der Waals surface area contributed by atoms with E-state index in [1.165, 1.54) is 10.8 Å². The fourth-order valence-corrected chi connectivity index (χ4v) is 3.15. The number of halogens is 1. The lowest BCUT2D eigenvalue weighted by molar-refractivity contribution is -0.125. The summed E-state index contributed by atoms with van der Waals surface area (Å²) >= 11 is 0. The van der Waals surface area contributed by atoms with E-state index in [4.69, 9.17) is 5.73 Å². The predicted molar refractivity (Wildman–Crippen MR) is 93.1 cm³/mol. The van der Waals surface area contributed by atoms with Gasteiger partial charge in [0.05, 0.1) is 6.04 Å². The van der Waals surface area contributed by atoms with Crippen LogP contribution in [0.4, 0.5) is 0 Å². The van der Waals surface area contributed by atoms with Crippen LogP contribution >= 0.6 is 12.4 Å². The second-order valence-electron chi connectivity index (χ2n) is 6.11. The molecule has 4 heteroatoms. The quantitative estimate of drug-likeness (QED) is 0.909. The first kappa shape index (κ1) is 16.8. The maximum absolute atomic E-state index is 12.3. The molecule has 118 valence electrons. The molecule has 0 saturated heterocycles. The number of nitrogens with one attached hydrogen (secondary N) is 1. The number of rotatable bonds is 3. The molecular weight excluding hydrogens is 296 g/mol.